The molecule has 4 aliphatic rings. The molecule has 126 valence electrons. The van der Waals surface area contributed by atoms with Crippen LogP contribution in [0.15, 0.2) is 6.20 Å². The standard InChI is InChI=1S/C18H28N4O/c1-11(16-10-19-22(3)12(16)2)20-17(23)21-18-7-13-4-14(8-18)6-15(5-13)9-18/h10-11,13-15H,4-9H2,1-3H3,(H2,20,21,23). The number of carbonyl (C=O) groups is 1. The molecule has 23 heavy (non-hydrogen) atoms. The van der Waals surface area contributed by atoms with E-state index in [-0.39, 0.29) is 17.6 Å². The lowest BCUT2D eigenvalue weighted by atomic mass is 9.53. The maximum atomic E-state index is 12.6. The van der Waals surface area contributed by atoms with Crippen LogP contribution in [0.5, 0.6) is 0 Å². The number of aromatic nitrogens is 2. The molecule has 1 aromatic heterocycles. The fraction of sp³-hybridized carbons (Fsp3) is 0.778. The summed E-state index contributed by atoms with van der Waals surface area (Å²) in [5.74, 6) is 2.54. The molecule has 4 aliphatic carbocycles. The molecule has 0 radical (unpaired) electrons. The van der Waals surface area contributed by atoms with Gasteiger partial charge in [0.2, 0.25) is 0 Å². The van der Waals surface area contributed by atoms with Crippen molar-refractivity contribution in [3.05, 3.63) is 17.5 Å². The molecule has 2 amide bonds. The highest BCUT2D eigenvalue weighted by Gasteiger charge is 2.51. The number of aryl methyl sites for hydroxylation is 1. The first-order valence-electron chi connectivity index (χ1n) is 9.01. The van der Waals surface area contributed by atoms with Gasteiger partial charge in [-0.25, -0.2) is 4.79 Å². The van der Waals surface area contributed by atoms with Crippen molar-refractivity contribution in [2.75, 3.05) is 0 Å². The van der Waals surface area contributed by atoms with E-state index in [4.69, 9.17) is 0 Å². The second kappa shape index (κ2) is 5.25. The van der Waals surface area contributed by atoms with Crippen LogP contribution >= 0.6 is 0 Å². The van der Waals surface area contributed by atoms with Crippen LogP contribution in [0.2, 0.25) is 0 Å². The highest BCUT2D eigenvalue weighted by molar-refractivity contribution is 5.75. The molecule has 1 heterocycles. The minimum Gasteiger partial charge on any atom is -0.333 e. The number of carbonyl (C=O) groups excluding carboxylic acids is 1. The molecule has 1 unspecified atom stereocenters. The molecule has 5 heteroatoms. The Morgan fingerprint density at radius 2 is 1.83 bits per heavy atom. The largest absolute Gasteiger partial charge is 0.333 e. The molecule has 5 nitrogen and oxygen atoms in total. The van der Waals surface area contributed by atoms with Crippen molar-refractivity contribution in [2.45, 2.75) is 64.0 Å². The molecule has 5 rings (SSSR count). The summed E-state index contributed by atoms with van der Waals surface area (Å²) in [7, 11) is 1.93. The Morgan fingerprint density at radius 3 is 2.30 bits per heavy atom. The van der Waals surface area contributed by atoms with Crippen LogP contribution in [0, 0.1) is 24.7 Å². The van der Waals surface area contributed by atoms with Gasteiger partial charge in [0, 0.05) is 23.8 Å². The first-order chi connectivity index (χ1) is 10.9. The average Bonchev–Trinajstić information content (AvgIpc) is 2.76. The molecule has 4 bridgehead atoms. The van der Waals surface area contributed by atoms with Gasteiger partial charge in [-0.2, -0.15) is 5.10 Å². The van der Waals surface area contributed by atoms with Crippen LogP contribution in [-0.2, 0) is 7.05 Å². The first kappa shape index (κ1) is 15.0. The Hall–Kier alpha value is -1.52. The van der Waals surface area contributed by atoms with Crippen molar-refractivity contribution in [2.24, 2.45) is 24.8 Å². The monoisotopic (exact) mass is 316 g/mol. The number of urea groups is 1. The second-order valence-corrected chi connectivity index (χ2v) is 8.33. The Bertz CT molecular complexity index is 585. The van der Waals surface area contributed by atoms with E-state index in [9.17, 15) is 4.79 Å². The average molecular weight is 316 g/mol. The fourth-order valence-electron chi connectivity index (χ4n) is 5.76. The summed E-state index contributed by atoms with van der Waals surface area (Å²) in [6.07, 6.45) is 9.60. The number of nitrogens with zero attached hydrogens (tertiary/aromatic N) is 2. The predicted molar refractivity (Wildman–Crippen MR) is 88.9 cm³/mol. The third kappa shape index (κ3) is 2.64. The van der Waals surface area contributed by atoms with E-state index >= 15 is 0 Å². The van der Waals surface area contributed by atoms with Crippen LogP contribution < -0.4 is 10.6 Å². The molecule has 4 saturated carbocycles. The predicted octanol–water partition coefficient (Wildman–Crippen LogP) is 3.06. The zero-order valence-corrected chi connectivity index (χ0v) is 14.4. The van der Waals surface area contributed by atoms with Gasteiger partial charge in [0.1, 0.15) is 0 Å². The Morgan fingerprint density at radius 1 is 1.26 bits per heavy atom. The molecule has 0 aliphatic heterocycles. The van der Waals surface area contributed by atoms with Crippen molar-refractivity contribution in [1.82, 2.24) is 20.4 Å². The lowest BCUT2D eigenvalue weighted by molar-refractivity contribution is -0.0136. The van der Waals surface area contributed by atoms with Crippen molar-refractivity contribution >= 4 is 6.03 Å². The normalized spacial score (nSPS) is 36.0. The van der Waals surface area contributed by atoms with Crippen molar-refractivity contribution in [3.63, 3.8) is 0 Å². The highest BCUT2D eigenvalue weighted by atomic mass is 16.2. The van der Waals surface area contributed by atoms with Crippen molar-refractivity contribution < 1.29 is 4.79 Å². The molecule has 0 aromatic carbocycles. The number of amides is 2. The van der Waals surface area contributed by atoms with Gasteiger partial charge in [0.15, 0.2) is 0 Å². The highest BCUT2D eigenvalue weighted by Crippen LogP contribution is 2.55. The topological polar surface area (TPSA) is 59.0 Å². The minimum absolute atomic E-state index is 0.0114. The third-order valence-corrected chi connectivity index (χ3v) is 6.50. The SMILES string of the molecule is Cc1c(C(C)NC(=O)NC23CC4CC(CC(C4)C2)C3)cnn1C. The summed E-state index contributed by atoms with van der Waals surface area (Å²) in [4.78, 5) is 12.6. The molecular weight excluding hydrogens is 288 g/mol. The summed E-state index contributed by atoms with van der Waals surface area (Å²) < 4.78 is 1.85. The number of rotatable bonds is 3. The molecule has 0 spiro atoms. The summed E-state index contributed by atoms with van der Waals surface area (Å²) in [5, 5.41) is 10.8. The van der Waals surface area contributed by atoms with Crippen LogP contribution in [0.4, 0.5) is 4.79 Å². The molecule has 0 saturated heterocycles. The number of hydrogen-bond acceptors (Lipinski definition) is 2. The maximum absolute atomic E-state index is 12.6. The van der Waals surface area contributed by atoms with E-state index in [0.717, 1.165) is 29.0 Å². The molecule has 1 aromatic rings. The van der Waals surface area contributed by atoms with Gasteiger partial charge >= 0.3 is 6.03 Å². The van der Waals surface area contributed by atoms with Gasteiger partial charge < -0.3 is 10.6 Å². The third-order valence-electron chi connectivity index (χ3n) is 6.50. The summed E-state index contributed by atoms with van der Waals surface area (Å²) in [6.45, 7) is 4.07. The first-order valence-corrected chi connectivity index (χ1v) is 9.01. The van der Waals surface area contributed by atoms with E-state index in [0.29, 0.717) is 0 Å². The molecule has 4 fully saturated rings. The molecular formula is C18H28N4O. The fourth-order valence-corrected chi connectivity index (χ4v) is 5.76. The zero-order valence-electron chi connectivity index (χ0n) is 14.4. The van der Waals surface area contributed by atoms with Crippen LogP contribution in [-0.4, -0.2) is 21.4 Å². The van der Waals surface area contributed by atoms with Crippen LogP contribution in [0.3, 0.4) is 0 Å². The van der Waals surface area contributed by atoms with Gasteiger partial charge in [-0.05, 0) is 70.1 Å². The zero-order chi connectivity index (χ0) is 16.2. The van der Waals surface area contributed by atoms with Crippen molar-refractivity contribution in [3.8, 4) is 0 Å². The summed E-state index contributed by atoms with van der Waals surface area (Å²) in [5.41, 5.74) is 2.27. The van der Waals surface area contributed by atoms with E-state index in [1.54, 1.807) is 0 Å². The Labute approximate surface area is 138 Å². The quantitative estimate of drug-likeness (QED) is 0.900. The Kier molecular flexibility index (Phi) is 3.43. The van der Waals surface area contributed by atoms with Gasteiger partial charge in [-0.15, -0.1) is 0 Å². The summed E-state index contributed by atoms with van der Waals surface area (Å²) >= 11 is 0. The summed E-state index contributed by atoms with van der Waals surface area (Å²) in [6, 6.07) is -0.0275. The number of nitrogens with one attached hydrogen (secondary N) is 2. The molecule has 1 atom stereocenters. The van der Waals surface area contributed by atoms with Gasteiger partial charge in [0.25, 0.3) is 0 Å². The maximum Gasteiger partial charge on any atom is 0.315 e. The molecule has 2 N–H and O–H groups in total. The van der Waals surface area contributed by atoms with Crippen LogP contribution in [0.25, 0.3) is 0 Å². The van der Waals surface area contributed by atoms with E-state index < -0.39 is 0 Å². The van der Waals surface area contributed by atoms with Gasteiger partial charge in [-0.1, -0.05) is 0 Å². The van der Waals surface area contributed by atoms with E-state index in [1.807, 2.05) is 31.8 Å². The van der Waals surface area contributed by atoms with Gasteiger partial charge in [-0.3, -0.25) is 4.68 Å². The van der Waals surface area contributed by atoms with Crippen molar-refractivity contribution in [1.29, 1.82) is 0 Å². The lowest BCUT2D eigenvalue weighted by Gasteiger charge is -2.56. The van der Waals surface area contributed by atoms with Crippen LogP contribution in [0.1, 0.15) is 62.7 Å². The second-order valence-electron chi connectivity index (χ2n) is 8.33. The van der Waals surface area contributed by atoms with E-state index in [1.165, 1.54) is 38.5 Å². The van der Waals surface area contributed by atoms with Gasteiger partial charge in [0.05, 0.1) is 12.2 Å². The Balaban J connectivity index is 1.41. The lowest BCUT2D eigenvalue weighted by Crippen LogP contribution is -2.61. The van der Waals surface area contributed by atoms with E-state index in [2.05, 4.69) is 15.7 Å². The smallest absolute Gasteiger partial charge is 0.315 e. The number of hydrogen-bond donors (Lipinski definition) is 2. The minimum atomic E-state index is -0.0161.